The average molecular weight is 295 g/mol. The summed E-state index contributed by atoms with van der Waals surface area (Å²) in [5.74, 6) is 3.51. The molecule has 5 heteroatoms. The van der Waals surface area contributed by atoms with Gasteiger partial charge in [-0.1, -0.05) is 32.3 Å². The first-order valence-electron chi connectivity index (χ1n) is 8.09. The fourth-order valence-corrected chi connectivity index (χ4v) is 3.27. The van der Waals surface area contributed by atoms with Gasteiger partial charge in [0.1, 0.15) is 6.10 Å². The van der Waals surface area contributed by atoms with Crippen LogP contribution in [-0.2, 0) is 11.3 Å². The first-order valence-corrected chi connectivity index (χ1v) is 8.09. The highest BCUT2D eigenvalue weighted by Gasteiger charge is 2.30. The molecule has 1 saturated carbocycles. The Hall–Kier alpha value is -0.940. The van der Waals surface area contributed by atoms with E-state index in [0.29, 0.717) is 30.2 Å². The van der Waals surface area contributed by atoms with Crippen molar-refractivity contribution in [2.75, 3.05) is 7.11 Å². The Balaban J connectivity index is 1.92. The molecule has 1 aromatic rings. The fraction of sp³-hybridized carbons (Fsp3) is 0.875. The average Bonchev–Trinajstić information content (AvgIpc) is 2.93. The lowest BCUT2D eigenvalue weighted by Crippen LogP contribution is -2.42. The number of ether oxygens (including phenoxy) is 1. The standard InChI is InChI=1S/C16H29N3O2/c1-10(2)13-7-6-11(3)8-14(13)17-9-15-18-16(19-21-15)12(4)20-5/h10-14,17H,6-9H2,1-5H3. The monoisotopic (exact) mass is 295 g/mol. The Labute approximate surface area is 127 Å². The molecule has 0 radical (unpaired) electrons. The van der Waals surface area contributed by atoms with Crippen molar-refractivity contribution in [1.82, 2.24) is 15.5 Å². The molecule has 1 heterocycles. The molecule has 120 valence electrons. The minimum atomic E-state index is -0.124. The molecular formula is C16H29N3O2. The lowest BCUT2D eigenvalue weighted by Gasteiger charge is -2.37. The molecule has 21 heavy (non-hydrogen) atoms. The Morgan fingerprint density at radius 1 is 1.33 bits per heavy atom. The van der Waals surface area contributed by atoms with Crippen LogP contribution in [0.3, 0.4) is 0 Å². The highest BCUT2D eigenvalue weighted by atomic mass is 16.5. The van der Waals surface area contributed by atoms with E-state index in [1.165, 1.54) is 19.3 Å². The van der Waals surface area contributed by atoms with E-state index in [-0.39, 0.29) is 6.10 Å². The summed E-state index contributed by atoms with van der Waals surface area (Å²) in [6.07, 6.45) is 3.77. The molecule has 0 amide bonds. The SMILES string of the molecule is COC(C)c1noc(CNC2CC(C)CCC2C(C)C)n1. The van der Waals surface area contributed by atoms with Gasteiger partial charge in [0.2, 0.25) is 5.89 Å². The van der Waals surface area contributed by atoms with Gasteiger partial charge in [-0.3, -0.25) is 0 Å². The van der Waals surface area contributed by atoms with Crippen LogP contribution in [0, 0.1) is 17.8 Å². The van der Waals surface area contributed by atoms with Gasteiger partial charge in [0.25, 0.3) is 0 Å². The van der Waals surface area contributed by atoms with Crippen LogP contribution in [0.2, 0.25) is 0 Å². The maximum absolute atomic E-state index is 5.30. The summed E-state index contributed by atoms with van der Waals surface area (Å²) >= 11 is 0. The second-order valence-electron chi connectivity index (χ2n) is 6.74. The number of nitrogens with zero attached hydrogens (tertiary/aromatic N) is 2. The van der Waals surface area contributed by atoms with Crippen molar-refractivity contribution in [3.05, 3.63) is 11.7 Å². The van der Waals surface area contributed by atoms with Crippen LogP contribution < -0.4 is 5.32 Å². The number of hydrogen-bond donors (Lipinski definition) is 1. The second-order valence-corrected chi connectivity index (χ2v) is 6.74. The topological polar surface area (TPSA) is 60.2 Å². The van der Waals surface area contributed by atoms with Crippen LogP contribution >= 0.6 is 0 Å². The summed E-state index contributed by atoms with van der Waals surface area (Å²) in [7, 11) is 1.65. The highest BCUT2D eigenvalue weighted by Crippen LogP contribution is 2.33. The van der Waals surface area contributed by atoms with E-state index in [2.05, 4.69) is 36.2 Å². The molecule has 4 atom stereocenters. The molecule has 1 fully saturated rings. The van der Waals surface area contributed by atoms with Crippen LogP contribution in [0.1, 0.15) is 64.8 Å². The zero-order chi connectivity index (χ0) is 15.4. The lowest BCUT2D eigenvalue weighted by atomic mass is 9.74. The third-order valence-corrected chi connectivity index (χ3v) is 4.74. The van der Waals surface area contributed by atoms with E-state index in [1.807, 2.05) is 6.92 Å². The van der Waals surface area contributed by atoms with Crippen LogP contribution in [0.5, 0.6) is 0 Å². The molecular weight excluding hydrogens is 266 g/mol. The molecule has 5 nitrogen and oxygen atoms in total. The Morgan fingerprint density at radius 2 is 2.10 bits per heavy atom. The first-order chi connectivity index (χ1) is 10.0. The molecule has 1 aromatic heterocycles. The van der Waals surface area contributed by atoms with Crippen molar-refractivity contribution in [2.24, 2.45) is 17.8 Å². The van der Waals surface area contributed by atoms with Gasteiger partial charge in [-0.15, -0.1) is 0 Å². The van der Waals surface area contributed by atoms with Crippen LogP contribution in [0.4, 0.5) is 0 Å². The molecule has 1 aliphatic rings. The van der Waals surface area contributed by atoms with Crippen molar-refractivity contribution in [3.63, 3.8) is 0 Å². The number of methoxy groups -OCH3 is 1. The molecule has 0 aliphatic heterocycles. The molecule has 1 N–H and O–H groups in total. The van der Waals surface area contributed by atoms with Gasteiger partial charge in [-0.2, -0.15) is 4.98 Å². The van der Waals surface area contributed by atoms with Gasteiger partial charge in [0, 0.05) is 13.2 Å². The fourth-order valence-electron chi connectivity index (χ4n) is 3.27. The van der Waals surface area contributed by atoms with E-state index in [1.54, 1.807) is 7.11 Å². The molecule has 0 bridgehead atoms. The van der Waals surface area contributed by atoms with E-state index < -0.39 is 0 Å². The van der Waals surface area contributed by atoms with Gasteiger partial charge in [0.05, 0.1) is 6.54 Å². The van der Waals surface area contributed by atoms with Crippen LogP contribution in [-0.4, -0.2) is 23.3 Å². The quantitative estimate of drug-likeness (QED) is 0.872. The summed E-state index contributed by atoms with van der Waals surface area (Å²) in [6, 6.07) is 0.545. The molecule has 4 unspecified atom stereocenters. The second kappa shape index (κ2) is 7.36. The van der Waals surface area contributed by atoms with Gasteiger partial charge < -0.3 is 14.6 Å². The third-order valence-electron chi connectivity index (χ3n) is 4.74. The summed E-state index contributed by atoms with van der Waals surface area (Å²) in [5, 5.41) is 7.60. The summed E-state index contributed by atoms with van der Waals surface area (Å²) in [6.45, 7) is 9.54. The number of hydrogen-bond acceptors (Lipinski definition) is 5. The van der Waals surface area contributed by atoms with Gasteiger partial charge in [0.15, 0.2) is 5.82 Å². The van der Waals surface area contributed by atoms with Gasteiger partial charge in [-0.25, -0.2) is 0 Å². The molecule has 0 aromatic carbocycles. The molecule has 0 spiro atoms. The van der Waals surface area contributed by atoms with Crippen molar-refractivity contribution in [1.29, 1.82) is 0 Å². The van der Waals surface area contributed by atoms with Crippen LogP contribution in [0.25, 0.3) is 0 Å². The minimum absolute atomic E-state index is 0.124. The predicted octanol–water partition coefficient (Wildman–Crippen LogP) is 3.33. The summed E-state index contributed by atoms with van der Waals surface area (Å²) in [4.78, 5) is 4.39. The maximum Gasteiger partial charge on any atom is 0.240 e. The van der Waals surface area contributed by atoms with Gasteiger partial charge in [-0.05, 0) is 37.5 Å². The normalized spacial score (nSPS) is 28.0. The Morgan fingerprint density at radius 3 is 2.76 bits per heavy atom. The van der Waals surface area contributed by atoms with Crippen molar-refractivity contribution >= 4 is 0 Å². The summed E-state index contributed by atoms with van der Waals surface area (Å²) in [5.41, 5.74) is 0. The number of aromatic nitrogens is 2. The van der Waals surface area contributed by atoms with E-state index in [9.17, 15) is 0 Å². The largest absolute Gasteiger partial charge is 0.374 e. The van der Waals surface area contributed by atoms with Crippen molar-refractivity contribution in [2.45, 2.75) is 65.6 Å². The van der Waals surface area contributed by atoms with E-state index >= 15 is 0 Å². The van der Waals surface area contributed by atoms with Gasteiger partial charge >= 0.3 is 0 Å². The Kier molecular flexibility index (Phi) is 5.76. The zero-order valence-electron chi connectivity index (χ0n) is 13.9. The summed E-state index contributed by atoms with van der Waals surface area (Å²) < 4.78 is 10.5. The number of rotatable bonds is 6. The maximum atomic E-state index is 5.30. The molecule has 0 saturated heterocycles. The van der Waals surface area contributed by atoms with Crippen LogP contribution in [0.15, 0.2) is 4.52 Å². The first kappa shape index (κ1) is 16.4. The number of nitrogens with one attached hydrogen (secondary N) is 1. The minimum Gasteiger partial charge on any atom is -0.374 e. The smallest absolute Gasteiger partial charge is 0.240 e. The van der Waals surface area contributed by atoms with E-state index in [4.69, 9.17) is 9.26 Å². The molecule has 2 rings (SSSR count). The zero-order valence-corrected chi connectivity index (χ0v) is 13.9. The van der Waals surface area contributed by atoms with Crippen molar-refractivity contribution < 1.29 is 9.26 Å². The third kappa shape index (κ3) is 4.27. The van der Waals surface area contributed by atoms with Crippen molar-refractivity contribution in [3.8, 4) is 0 Å². The Bertz CT molecular complexity index is 433. The lowest BCUT2D eigenvalue weighted by molar-refractivity contribution is 0.109. The highest BCUT2D eigenvalue weighted by molar-refractivity contribution is 4.91. The van der Waals surface area contributed by atoms with E-state index in [0.717, 1.165) is 11.8 Å². The predicted molar refractivity (Wildman–Crippen MR) is 81.7 cm³/mol. The molecule has 1 aliphatic carbocycles.